The van der Waals surface area contributed by atoms with Crippen molar-refractivity contribution in [2.75, 3.05) is 11.9 Å². The van der Waals surface area contributed by atoms with E-state index in [0.717, 1.165) is 5.56 Å². The number of carbonyl (C=O) groups is 1. The molecular weight excluding hydrogens is 494 g/mol. The second-order valence-corrected chi connectivity index (χ2v) is 9.31. The van der Waals surface area contributed by atoms with Crippen LogP contribution in [0.2, 0.25) is 0 Å². The molecule has 2 atom stereocenters. The zero-order valence-electron chi connectivity index (χ0n) is 17.5. The summed E-state index contributed by atoms with van der Waals surface area (Å²) in [6.07, 6.45) is -0.955. The monoisotopic (exact) mass is 517 g/mol. The lowest BCUT2D eigenvalue weighted by molar-refractivity contribution is -0.132. The third kappa shape index (κ3) is 5.97. The Labute approximate surface area is 196 Å². The van der Waals surface area contributed by atoms with Crippen molar-refractivity contribution >= 4 is 32.0 Å². The molecule has 3 aromatic rings. The van der Waals surface area contributed by atoms with E-state index in [-0.39, 0.29) is 34.5 Å². The molecule has 0 saturated carbocycles. The molecule has 0 radical (unpaired) electrons. The lowest BCUT2D eigenvalue weighted by Gasteiger charge is -2.31. The van der Waals surface area contributed by atoms with Crippen LogP contribution in [0.25, 0.3) is 0 Å². The van der Waals surface area contributed by atoms with Crippen LogP contribution in [-0.2, 0) is 14.9 Å². The molecule has 32 heavy (non-hydrogen) atoms. The average molecular weight is 518 g/mol. The van der Waals surface area contributed by atoms with E-state index in [1.807, 2.05) is 37.3 Å². The lowest BCUT2D eigenvalue weighted by atomic mass is 10.0. The Morgan fingerprint density at radius 1 is 0.938 bits per heavy atom. The first-order valence-electron chi connectivity index (χ1n) is 10.00. The predicted octanol–water partition coefficient (Wildman–Crippen LogP) is 4.47. The van der Waals surface area contributed by atoms with E-state index in [9.17, 15) is 18.3 Å². The number of carbonyl (C=O) groups excluding carboxylic acids is 1. The summed E-state index contributed by atoms with van der Waals surface area (Å²) in [5.74, 6) is -0.00911. The number of alkyl halides is 1. The van der Waals surface area contributed by atoms with Gasteiger partial charge >= 0.3 is 10.1 Å². The molecule has 0 unspecified atom stereocenters. The van der Waals surface area contributed by atoms with Crippen molar-refractivity contribution in [3.05, 3.63) is 96.1 Å². The van der Waals surface area contributed by atoms with E-state index in [2.05, 4.69) is 15.9 Å². The summed E-state index contributed by atoms with van der Waals surface area (Å²) in [5.41, 5.74) is 1.51. The highest BCUT2D eigenvalue weighted by Crippen LogP contribution is 2.26. The number of halogens is 1. The van der Waals surface area contributed by atoms with Crippen LogP contribution < -0.4 is 4.18 Å². The van der Waals surface area contributed by atoms with E-state index in [0.29, 0.717) is 5.56 Å². The normalized spacial score (nSPS) is 13.2. The molecule has 0 saturated heterocycles. The van der Waals surface area contributed by atoms with Gasteiger partial charge in [0.2, 0.25) is 5.91 Å². The van der Waals surface area contributed by atoms with Gasteiger partial charge in [0.1, 0.15) is 10.6 Å². The van der Waals surface area contributed by atoms with Crippen molar-refractivity contribution in [2.24, 2.45) is 0 Å². The molecule has 0 fully saturated rings. The number of hydrogen-bond acceptors (Lipinski definition) is 5. The first-order valence-corrected chi connectivity index (χ1v) is 12.5. The van der Waals surface area contributed by atoms with Crippen LogP contribution in [0, 0.1) is 0 Å². The van der Waals surface area contributed by atoms with E-state index >= 15 is 0 Å². The van der Waals surface area contributed by atoms with Gasteiger partial charge in [-0.15, -0.1) is 0 Å². The number of hydrogen-bond donors (Lipinski definition) is 1. The molecule has 6 nitrogen and oxygen atoms in total. The van der Waals surface area contributed by atoms with Crippen molar-refractivity contribution in [2.45, 2.75) is 24.0 Å². The molecule has 8 heteroatoms. The van der Waals surface area contributed by atoms with Crippen LogP contribution in [0.4, 0.5) is 0 Å². The standard InChI is InChI=1S/C24H24BrNO5S/c1-18(19-8-4-2-5-9-19)26(24(28)16-25)17-23(27)20-12-14-21(15-13-20)31-32(29,30)22-10-6-3-7-11-22/h2-15,18,23,27H,16-17H2,1H3/t18-,23+/m0/s1. The van der Waals surface area contributed by atoms with Gasteiger partial charge in [0.15, 0.2) is 0 Å². The zero-order chi connectivity index (χ0) is 23.1. The molecule has 3 rings (SSSR count). The number of rotatable bonds is 9. The van der Waals surface area contributed by atoms with E-state index < -0.39 is 16.2 Å². The Balaban J connectivity index is 1.72. The fourth-order valence-electron chi connectivity index (χ4n) is 3.26. The molecule has 0 heterocycles. The number of aliphatic hydroxyl groups is 1. The summed E-state index contributed by atoms with van der Waals surface area (Å²) < 4.78 is 29.9. The Morgan fingerprint density at radius 3 is 2.06 bits per heavy atom. The second kappa shape index (κ2) is 10.8. The number of amides is 1. The SMILES string of the molecule is C[C@@H](c1ccccc1)N(C[C@@H](O)c1ccc(OS(=O)(=O)c2ccccc2)cc1)C(=O)CBr. The maximum absolute atomic E-state index is 12.5. The topological polar surface area (TPSA) is 83.9 Å². The van der Waals surface area contributed by atoms with Crippen molar-refractivity contribution in [3.63, 3.8) is 0 Å². The minimum Gasteiger partial charge on any atom is -0.387 e. The van der Waals surface area contributed by atoms with Crippen molar-refractivity contribution in [1.29, 1.82) is 0 Å². The lowest BCUT2D eigenvalue weighted by Crippen LogP contribution is -2.37. The fourth-order valence-corrected chi connectivity index (χ4v) is 4.54. The molecule has 3 aromatic carbocycles. The van der Waals surface area contributed by atoms with Crippen LogP contribution >= 0.6 is 15.9 Å². The number of benzene rings is 3. The number of aliphatic hydroxyl groups excluding tert-OH is 1. The van der Waals surface area contributed by atoms with Crippen molar-refractivity contribution in [1.82, 2.24) is 4.90 Å². The largest absolute Gasteiger partial charge is 0.387 e. The molecular formula is C24H24BrNO5S. The van der Waals surface area contributed by atoms with Gasteiger partial charge in [0.25, 0.3) is 0 Å². The molecule has 0 spiro atoms. The second-order valence-electron chi connectivity index (χ2n) is 7.20. The zero-order valence-corrected chi connectivity index (χ0v) is 19.9. The summed E-state index contributed by atoms with van der Waals surface area (Å²) in [5, 5.41) is 10.9. The van der Waals surface area contributed by atoms with Gasteiger partial charge in [-0.2, -0.15) is 8.42 Å². The Hall–Kier alpha value is -2.68. The van der Waals surface area contributed by atoms with Gasteiger partial charge in [-0.05, 0) is 42.3 Å². The van der Waals surface area contributed by atoms with Crippen molar-refractivity contribution in [3.8, 4) is 5.75 Å². The Kier molecular flexibility index (Phi) is 8.06. The highest BCUT2D eigenvalue weighted by atomic mass is 79.9. The van der Waals surface area contributed by atoms with Crippen molar-refractivity contribution < 1.29 is 22.5 Å². The third-order valence-corrected chi connectivity index (χ3v) is 6.80. The third-order valence-electron chi connectivity index (χ3n) is 5.06. The molecule has 0 bridgehead atoms. The van der Waals surface area contributed by atoms with Gasteiger partial charge < -0.3 is 14.2 Å². The predicted molar refractivity (Wildman–Crippen MR) is 126 cm³/mol. The van der Waals surface area contributed by atoms with Crippen LogP contribution in [0.3, 0.4) is 0 Å². The van der Waals surface area contributed by atoms with Gasteiger partial charge in [-0.1, -0.05) is 76.6 Å². The van der Waals surface area contributed by atoms with Gasteiger partial charge in [0.05, 0.1) is 24.0 Å². The van der Waals surface area contributed by atoms with E-state index in [4.69, 9.17) is 4.18 Å². The minimum atomic E-state index is -3.94. The molecule has 0 aromatic heterocycles. The van der Waals surface area contributed by atoms with Gasteiger partial charge in [-0.25, -0.2) is 0 Å². The molecule has 0 aliphatic carbocycles. The molecule has 1 amide bonds. The highest BCUT2D eigenvalue weighted by molar-refractivity contribution is 9.09. The van der Waals surface area contributed by atoms with E-state index in [1.54, 1.807) is 35.2 Å². The van der Waals surface area contributed by atoms with Gasteiger partial charge in [-0.3, -0.25) is 4.79 Å². The van der Waals surface area contributed by atoms with E-state index in [1.165, 1.54) is 24.3 Å². The maximum atomic E-state index is 12.5. The summed E-state index contributed by atoms with van der Waals surface area (Å²) in [6.45, 7) is 2.00. The molecule has 0 aliphatic heterocycles. The molecule has 168 valence electrons. The molecule has 1 N–H and O–H groups in total. The smallest absolute Gasteiger partial charge is 0.339 e. The Morgan fingerprint density at radius 2 is 1.50 bits per heavy atom. The Bertz CT molecular complexity index is 1120. The van der Waals surface area contributed by atoms with Crippen LogP contribution in [0.1, 0.15) is 30.2 Å². The summed E-state index contributed by atoms with van der Waals surface area (Å²) in [7, 11) is -3.94. The minimum absolute atomic E-state index is 0.0583. The van der Waals surface area contributed by atoms with Crippen LogP contribution in [-0.4, -0.2) is 36.2 Å². The fraction of sp³-hybridized carbons (Fsp3) is 0.208. The van der Waals surface area contributed by atoms with Crippen LogP contribution in [0.5, 0.6) is 5.75 Å². The summed E-state index contributed by atoms with van der Waals surface area (Å²) in [4.78, 5) is 14.2. The quantitative estimate of drug-likeness (QED) is 0.334. The summed E-state index contributed by atoms with van der Waals surface area (Å²) >= 11 is 3.21. The number of nitrogens with zero attached hydrogens (tertiary/aromatic N) is 1. The van der Waals surface area contributed by atoms with Crippen LogP contribution in [0.15, 0.2) is 89.8 Å². The average Bonchev–Trinajstić information content (AvgIpc) is 2.83. The maximum Gasteiger partial charge on any atom is 0.339 e. The summed E-state index contributed by atoms with van der Waals surface area (Å²) in [6, 6.07) is 23.4. The first kappa shape index (κ1) is 24.0. The van der Waals surface area contributed by atoms with Gasteiger partial charge in [0, 0.05) is 0 Å². The first-order chi connectivity index (χ1) is 15.3. The highest BCUT2D eigenvalue weighted by Gasteiger charge is 2.24. The molecule has 0 aliphatic rings.